The van der Waals surface area contributed by atoms with E-state index in [1.54, 1.807) is 29.5 Å². The molecule has 3 nitrogen and oxygen atoms in total. The maximum absolute atomic E-state index is 9.90. The lowest BCUT2D eigenvalue weighted by atomic mass is 10.1. The van der Waals surface area contributed by atoms with Crippen LogP contribution in [0.15, 0.2) is 18.2 Å². The van der Waals surface area contributed by atoms with Gasteiger partial charge >= 0.3 is 0 Å². The van der Waals surface area contributed by atoms with Gasteiger partial charge in [-0.2, -0.15) is 0 Å². The molecule has 0 fully saturated rings. The van der Waals surface area contributed by atoms with E-state index in [0.717, 1.165) is 16.3 Å². The van der Waals surface area contributed by atoms with Gasteiger partial charge in [0.15, 0.2) is 0 Å². The second-order valence-electron chi connectivity index (χ2n) is 5.04. The molecular formula is C15H19ClN2OS. The van der Waals surface area contributed by atoms with Crippen molar-refractivity contribution in [1.82, 2.24) is 9.88 Å². The van der Waals surface area contributed by atoms with Crippen LogP contribution in [0.1, 0.15) is 34.1 Å². The van der Waals surface area contributed by atoms with E-state index in [2.05, 4.69) is 23.7 Å². The van der Waals surface area contributed by atoms with Crippen molar-refractivity contribution in [2.24, 2.45) is 0 Å². The molecule has 1 heterocycles. The first-order valence-electron chi connectivity index (χ1n) is 6.50. The largest absolute Gasteiger partial charge is 0.508 e. The standard InChI is InChI=1S/C15H19ClN2OS/c1-9(15-10(2)20-11(3)17-15)18(4)8-12-7-13(16)5-6-14(12)19/h5-7,9,19H,8H2,1-4H3. The number of aromatic hydroxyl groups is 1. The molecule has 0 bridgehead atoms. The number of phenols is 1. The molecule has 0 aliphatic carbocycles. The van der Waals surface area contributed by atoms with Gasteiger partial charge in [0.1, 0.15) is 5.75 Å². The van der Waals surface area contributed by atoms with Crippen molar-refractivity contribution in [3.8, 4) is 5.75 Å². The summed E-state index contributed by atoms with van der Waals surface area (Å²) in [7, 11) is 2.03. The van der Waals surface area contributed by atoms with Crippen molar-refractivity contribution < 1.29 is 5.11 Å². The molecule has 1 aromatic heterocycles. The van der Waals surface area contributed by atoms with E-state index in [0.29, 0.717) is 11.6 Å². The highest BCUT2D eigenvalue weighted by Crippen LogP contribution is 2.29. The lowest BCUT2D eigenvalue weighted by Gasteiger charge is -2.24. The molecule has 0 saturated heterocycles. The van der Waals surface area contributed by atoms with Crippen LogP contribution in [0.3, 0.4) is 0 Å². The molecule has 20 heavy (non-hydrogen) atoms. The molecule has 0 spiro atoms. The van der Waals surface area contributed by atoms with E-state index in [1.807, 2.05) is 14.0 Å². The zero-order valence-corrected chi connectivity index (χ0v) is 13.7. The van der Waals surface area contributed by atoms with Gasteiger partial charge in [-0.3, -0.25) is 4.90 Å². The zero-order chi connectivity index (χ0) is 14.9. The van der Waals surface area contributed by atoms with Crippen LogP contribution in [0.25, 0.3) is 0 Å². The Morgan fingerprint density at radius 3 is 2.70 bits per heavy atom. The number of benzene rings is 1. The Bertz CT molecular complexity index is 612. The Morgan fingerprint density at radius 1 is 1.40 bits per heavy atom. The molecule has 2 rings (SSSR count). The minimum atomic E-state index is 0.193. The summed E-state index contributed by atoms with van der Waals surface area (Å²) in [4.78, 5) is 8.01. The van der Waals surface area contributed by atoms with Gasteiger partial charge in [0.05, 0.1) is 16.7 Å². The number of thiazole rings is 1. The van der Waals surface area contributed by atoms with Crippen molar-refractivity contribution in [3.63, 3.8) is 0 Å². The van der Waals surface area contributed by atoms with Crippen LogP contribution in [0.2, 0.25) is 5.02 Å². The van der Waals surface area contributed by atoms with Crippen molar-refractivity contribution in [3.05, 3.63) is 44.4 Å². The molecule has 5 heteroatoms. The van der Waals surface area contributed by atoms with Crippen LogP contribution in [0.4, 0.5) is 0 Å². The number of aryl methyl sites for hydroxylation is 2. The lowest BCUT2D eigenvalue weighted by molar-refractivity contribution is 0.245. The number of nitrogens with zero attached hydrogens (tertiary/aromatic N) is 2. The summed E-state index contributed by atoms with van der Waals surface area (Å²) in [6.07, 6.45) is 0. The third-order valence-corrected chi connectivity index (χ3v) is 4.59. The predicted molar refractivity (Wildman–Crippen MR) is 84.6 cm³/mol. The van der Waals surface area contributed by atoms with E-state index in [4.69, 9.17) is 11.6 Å². The predicted octanol–water partition coefficient (Wildman–Crippen LogP) is 4.31. The van der Waals surface area contributed by atoms with E-state index in [9.17, 15) is 5.11 Å². The van der Waals surface area contributed by atoms with Crippen LogP contribution in [-0.4, -0.2) is 22.0 Å². The lowest BCUT2D eigenvalue weighted by Crippen LogP contribution is -2.22. The Balaban J connectivity index is 2.17. The number of rotatable bonds is 4. The minimum absolute atomic E-state index is 0.193. The number of phenolic OH excluding ortho intramolecular Hbond substituents is 1. The van der Waals surface area contributed by atoms with E-state index in [1.165, 1.54) is 4.88 Å². The maximum Gasteiger partial charge on any atom is 0.120 e. The molecule has 0 saturated carbocycles. The molecule has 1 N–H and O–H groups in total. The second kappa shape index (κ2) is 6.12. The molecular weight excluding hydrogens is 292 g/mol. The highest BCUT2D eigenvalue weighted by molar-refractivity contribution is 7.11. The Labute approximate surface area is 128 Å². The van der Waals surface area contributed by atoms with Gasteiger partial charge in [0.25, 0.3) is 0 Å². The summed E-state index contributed by atoms with van der Waals surface area (Å²) in [6.45, 7) is 6.88. The highest BCUT2D eigenvalue weighted by atomic mass is 35.5. The molecule has 108 valence electrons. The average molecular weight is 311 g/mol. The third kappa shape index (κ3) is 3.32. The van der Waals surface area contributed by atoms with Gasteiger partial charge in [0.2, 0.25) is 0 Å². The number of hydrogen-bond acceptors (Lipinski definition) is 4. The topological polar surface area (TPSA) is 36.4 Å². The Hall–Kier alpha value is -1.10. The van der Waals surface area contributed by atoms with Gasteiger partial charge in [-0.15, -0.1) is 11.3 Å². The monoisotopic (exact) mass is 310 g/mol. The second-order valence-corrected chi connectivity index (χ2v) is 6.88. The first-order valence-corrected chi connectivity index (χ1v) is 7.69. The van der Waals surface area contributed by atoms with Crippen molar-refractivity contribution in [2.75, 3.05) is 7.05 Å². The molecule has 0 aliphatic rings. The molecule has 0 radical (unpaired) electrons. The van der Waals surface area contributed by atoms with Crippen molar-refractivity contribution >= 4 is 22.9 Å². The van der Waals surface area contributed by atoms with Gasteiger partial charge < -0.3 is 5.11 Å². The maximum atomic E-state index is 9.90. The number of aromatic nitrogens is 1. The number of hydrogen-bond donors (Lipinski definition) is 1. The van der Waals surface area contributed by atoms with Crippen LogP contribution in [0.5, 0.6) is 5.75 Å². The number of halogens is 1. The van der Waals surface area contributed by atoms with E-state index in [-0.39, 0.29) is 11.8 Å². The van der Waals surface area contributed by atoms with Crippen LogP contribution in [0, 0.1) is 13.8 Å². The smallest absolute Gasteiger partial charge is 0.120 e. The summed E-state index contributed by atoms with van der Waals surface area (Å²) in [5.41, 5.74) is 1.94. The molecule has 2 aromatic rings. The summed E-state index contributed by atoms with van der Waals surface area (Å²) < 4.78 is 0. The minimum Gasteiger partial charge on any atom is -0.508 e. The third-order valence-electron chi connectivity index (χ3n) is 3.46. The molecule has 0 amide bonds. The molecule has 1 atom stereocenters. The van der Waals surface area contributed by atoms with Gasteiger partial charge in [0, 0.05) is 22.0 Å². The quantitative estimate of drug-likeness (QED) is 0.914. The molecule has 1 aromatic carbocycles. The fourth-order valence-corrected chi connectivity index (χ4v) is 3.33. The first-order chi connectivity index (χ1) is 9.38. The summed E-state index contributed by atoms with van der Waals surface area (Å²) in [5.74, 6) is 0.277. The SMILES string of the molecule is Cc1nc(C(C)N(C)Cc2cc(Cl)ccc2O)c(C)s1. The summed E-state index contributed by atoms with van der Waals surface area (Å²) >= 11 is 7.70. The van der Waals surface area contributed by atoms with Gasteiger partial charge in [-0.05, 0) is 46.0 Å². The van der Waals surface area contributed by atoms with Crippen molar-refractivity contribution in [1.29, 1.82) is 0 Å². The average Bonchev–Trinajstić information content (AvgIpc) is 2.72. The summed E-state index contributed by atoms with van der Waals surface area (Å²) in [6, 6.07) is 5.32. The van der Waals surface area contributed by atoms with Crippen LogP contribution in [-0.2, 0) is 6.54 Å². The Morgan fingerprint density at radius 2 is 2.10 bits per heavy atom. The summed E-state index contributed by atoms with van der Waals surface area (Å²) in [5, 5.41) is 11.6. The van der Waals surface area contributed by atoms with Crippen LogP contribution >= 0.6 is 22.9 Å². The molecule has 0 aliphatic heterocycles. The van der Waals surface area contributed by atoms with Crippen molar-refractivity contribution in [2.45, 2.75) is 33.4 Å². The zero-order valence-electron chi connectivity index (χ0n) is 12.1. The van der Waals surface area contributed by atoms with Gasteiger partial charge in [-0.25, -0.2) is 4.98 Å². The Kier molecular flexibility index (Phi) is 4.68. The fraction of sp³-hybridized carbons (Fsp3) is 0.400. The van der Waals surface area contributed by atoms with Crippen LogP contribution < -0.4 is 0 Å². The first kappa shape index (κ1) is 15.3. The van der Waals surface area contributed by atoms with E-state index < -0.39 is 0 Å². The van der Waals surface area contributed by atoms with Gasteiger partial charge in [-0.1, -0.05) is 11.6 Å². The molecule has 1 unspecified atom stereocenters. The van der Waals surface area contributed by atoms with E-state index >= 15 is 0 Å². The fourth-order valence-electron chi connectivity index (χ4n) is 2.23. The normalized spacial score (nSPS) is 12.9. The highest BCUT2D eigenvalue weighted by Gasteiger charge is 2.18.